The van der Waals surface area contributed by atoms with Crippen molar-refractivity contribution < 1.29 is 0 Å². The van der Waals surface area contributed by atoms with Crippen LogP contribution >= 0.6 is 27.0 Å². The van der Waals surface area contributed by atoms with E-state index in [1.807, 2.05) is 0 Å². The first-order valence-corrected chi connectivity index (χ1v) is 0. The van der Waals surface area contributed by atoms with Crippen LogP contribution in [0.1, 0.15) is 0 Å². The Kier molecular flexibility index (Phi) is 505. The second-order valence-electron chi connectivity index (χ2n) is 0. The van der Waals surface area contributed by atoms with E-state index in [0.717, 1.165) is 0 Å². The maximum atomic E-state index is 0. The largest absolute Gasteiger partial charge is 3.00 e. The smallest absolute Gasteiger partial charge is 2.00 e. The third-order valence-electron chi connectivity index (χ3n) is 0. The molecule has 0 spiro atoms. The van der Waals surface area contributed by atoms with Crippen molar-refractivity contribution in [2.75, 3.05) is 0 Å². The summed E-state index contributed by atoms with van der Waals surface area (Å²) in [5.74, 6) is 0. The molecule has 0 heterocycles. The summed E-state index contributed by atoms with van der Waals surface area (Å²) in [6.07, 6.45) is 0. The Balaban J connectivity index is 0. The molecule has 0 aliphatic heterocycles. The molecule has 0 fully saturated rings. The van der Waals surface area contributed by atoms with Crippen LogP contribution in [0, 0.1) is 0 Å². The van der Waals surface area contributed by atoms with E-state index in [2.05, 4.69) is 0 Å². The van der Waals surface area contributed by atoms with Crippen LogP contribution < -0.4 is 0 Å². The van der Waals surface area contributed by atoms with E-state index >= 15 is 0 Å². The zero-order valence-corrected chi connectivity index (χ0v) is 7.30. The summed E-state index contributed by atoms with van der Waals surface area (Å²) >= 11 is 0. The third-order valence-corrected chi connectivity index (χ3v) is 0. The molecule has 0 N–H and O–H groups in total. The summed E-state index contributed by atoms with van der Waals surface area (Å²) in [4.78, 5) is 0. The van der Waals surface area contributed by atoms with Crippen LogP contribution in [0.2, 0.25) is 0 Å². The van der Waals surface area contributed by atoms with Crippen LogP contribution in [0.4, 0.5) is 0 Å². The number of hydrogen-bond acceptors (Lipinski definition) is 1. The van der Waals surface area contributed by atoms with E-state index in [-0.39, 0.29) is 71.3 Å². The van der Waals surface area contributed by atoms with Crippen molar-refractivity contribution in [2.45, 2.75) is 0 Å². The van der Waals surface area contributed by atoms with Crippen LogP contribution in [0.5, 0.6) is 0 Å². The molecular formula is H5AlS4. The van der Waals surface area contributed by atoms with Gasteiger partial charge in [0.05, 0.1) is 0 Å². The molecular weight excluding hydrogens is 155 g/mol. The first kappa shape index (κ1) is 65.3. The van der Waals surface area contributed by atoms with Gasteiger partial charge in [-0.1, -0.05) is 0 Å². The van der Waals surface area contributed by atoms with Crippen LogP contribution in [-0.2, 0) is 27.0 Å². The minimum Gasteiger partial charge on any atom is -2.00 e. The summed E-state index contributed by atoms with van der Waals surface area (Å²) < 4.78 is 0. The summed E-state index contributed by atoms with van der Waals surface area (Å²) in [5, 5.41) is 0. The molecule has 5 heavy (non-hydrogen) atoms. The van der Waals surface area contributed by atoms with Gasteiger partial charge in [-0.2, -0.15) is 27.0 Å². The average molecular weight is 160 g/mol. The second-order valence-corrected chi connectivity index (χ2v) is 0. The molecule has 0 nitrogen and oxygen atoms in total. The van der Waals surface area contributed by atoms with Crippen molar-refractivity contribution in [2.24, 2.45) is 0 Å². The van der Waals surface area contributed by atoms with E-state index in [4.69, 9.17) is 0 Å². The van der Waals surface area contributed by atoms with Gasteiger partial charge in [0.15, 0.2) is 0 Å². The summed E-state index contributed by atoms with van der Waals surface area (Å²) in [6, 6.07) is 0. The molecule has 0 atom stereocenters. The standard InChI is InChI=1S/Al.3H2S.S/h;3*1H2;/q+3;;;;-2/p-1. The molecule has 32 valence electrons. The van der Waals surface area contributed by atoms with Crippen LogP contribution in [0.15, 0.2) is 0 Å². The van der Waals surface area contributed by atoms with Gasteiger partial charge in [-0.25, -0.2) is 0 Å². The summed E-state index contributed by atoms with van der Waals surface area (Å²) in [5.41, 5.74) is 0. The van der Waals surface area contributed by atoms with Crippen LogP contribution in [0.3, 0.4) is 0 Å². The molecule has 0 rings (SSSR count). The molecule has 0 unspecified atom stereocenters. The van der Waals surface area contributed by atoms with E-state index in [1.54, 1.807) is 0 Å². The van der Waals surface area contributed by atoms with E-state index < -0.39 is 0 Å². The monoisotopic (exact) mass is 160 g/mol. The van der Waals surface area contributed by atoms with E-state index in [1.165, 1.54) is 0 Å². The SMILES string of the molecule is S.S.[Al+3].[S-2].[SH-]. The third kappa shape index (κ3) is 24.6. The minimum absolute atomic E-state index is 0. The molecule has 5 heteroatoms. The Morgan fingerprint density at radius 1 is 0.800 bits per heavy atom. The molecule has 0 aromatic heterocycles. The van der Waals surface area contributed by atoms with Gasteiger partial charge >= 0.3 is 17.4 Å². The van der Waals surface area contributed by atoms with Crippen molar-refractivity contribution in [3.05, 3.63) is 0 Å². The fraction of sp³-hybridized carbons (Fsp3) is 0. The van der Waals surface area contributed by atoms with E-state index in [0.29, 0.717) is 0 Å². The van der Waals surface area contributed by atoms with Crippen LogP contribution in [-0.4, -0.2) is 17.4 Å². The second kappa shape index (κ2) is 38.6. The maximum Gasteiger partial charge on any atom is 3.00 e. The topological polar surface area (TPSA) is 0 Å². The van der Waals surface area contributed by atoms with Gasteiger partial charge in [-0.05, 0) is 0 Å². The van der Waals surface area contributed by atoms with Gasteiger partial charge in [-0.15, -0.1) is 0 Å². The predicted octanol–water partition coefficient (Wildman–Crippen LogP) is -0.428. The quantitative estimate of drug-likeness (QED) is 0.263. The fourth-order valence-corrected chi connectivity index (χ4v) is 0. The van der Waals surface area contributed by atoms with Crippen molar-refractivity contribution in [1.82, 2.24) is 0 Å². The Labute approximate surface area is 71.0 Å². The normalized spacial score (nSPS) is 0. The Bertz CT molecular complexity index is 3.61. The van der Waals surface area contributed by atoms with Crippen molar-refractivity contribution in [3.8, 4) is 0 Å². The number of rotatable bonds is 0. The molecule has 0 saturated carbocycles. The zero-order valence-electron chi connectivity index (χ0n) is 2.43. The molecule has 0 bridgehead atoms. The zero-order chi connectivity index (χ0) is 0. The van der Waals surface area contributed by atoms with Gasteiger partial charge in [-0.3, -0.25) is 0 Å². The van der Waals surface area contributed by atoms with Crippen molar-refractivity contribution in [1.29, 1.82) is 0 Å². The molecule has 0 radical (unpaired) electrons. The first-order chi connectivity index (χ1) is 0. The molecule has 0 saturated heterocycles. The number of hydrogen-bond donors (Lipinski definition) is 0. The van der Waals surface area contributed by atoms with Gasteiger partial charge in [0.2, 0.25) is 0 Å². The molecule has 0 aliphatic rings. The van der Waals surface area contributed by atoms with Crippen molar-refractivity contribution >= 4 is 71.3 Å². The molecule has 0 amide bonds. The maximum absolute atomic E-state index is 0. The fourth-order valence-electron chi connectivity index (χ4n) is 0. The Morgan fingerprint density at radius 3 is 0.800 bits per heavy atom. The number of thiol groups is 1. The Morgan fingerprint density at radius 2 is 0.800 bits per heavy atom. The molecule has 0 aliphatic carbocycles. The van der Waals surface area contributed by atoms with Gasteiger partial charge in [0.1, 0.15) is 0 Å². The van der Waals surface area contributed by atoms with Crippen molar-refractivity contribution in [3.63, 3.8) is 0 Å². The summed E-state index contributed by atoms with van der Waals surface area (Å²) in [6.45, 7) is 0. The Hall–Kier alpha value is 1.93. The van der Waals surface area contributed by atoms with Gasteiger partial charge in [0, 0.05) is 0 Å². The van der Waals surface area contributed by atoms with E-state index in [9.17, 15) is 0 Å². The molecule has 0 aromatic rings. The van der Waals surface area contributed by atoms with Gasteiger partial charge in [0.25, 0.3) is 0 Å². The van der Waals surface area contributed by atoms with Gasteiger partial charge < -0.3 is 27.0 Å². The summed E-state index contributed by atoms with van der Waals surface area (Å²) in [7, 11) is 0. The first-order valence-electron chi connectivity index (χ1n) is 0. The minimum atomic E-state index is 0. The average Bonchev–Trinajstić information content (AvgIpc) is 0. The predicted molar refractivity (Wildman–Crippen MR) is 42.6 cm³/mol. The molecule has 0 aromatic carbocycles. The van der Waals surface area contributed by atoms with Crippen LogP contribution in [0.25, 0.3) is 0 Å².